The first-order valence-corrected chi connectivity index (χ1v) is 26.2. The van der Waals surface area contributed by atoms with Crippen LogP contribution in [0.25, 0.3) is 23.3 Å². The van der Waals surface area contributed by atoms with E-state index in [1.807, 2.05) is 74.0 Å². The maximum atomic E-state index is 12.1. The molecule has 0 bridgehead atoms. The van der Waals surface area contributed by atoms with Crippen molar-refractivity contribution in [3.8, 4) is 0 Å². The number of hydrogen-bond donors (Lipinski definition) is 1. The number of piperidine rings is 2. The molecule has 2 saturated heterocycles. The van der Waals surface area contributed by atoms with E-state index in [0.29, 0.717) is 24.0 Å². The number of sulfonamides is 1. The summed E-state index contributed by atoms with van der Waals surface area (Å²) in [5, 5.41) is 4.97. The van der Waals surface area contributed by atoms with E-state index in [-0.39, 0.29) is 28.8 Å². The van der Waals surface area contributed by atoms with E-state index in [4.69, 9.17) is 33.2 Å². The summed E-state index contributed by atoms with van der Waals surface area (Å²) in [5.74, 6) is 1.16. The highest BCUT2D eigenvalue weighted by atomic mass is 35.5. The Morgan fingerprint density at radius 2 is 1.10 bits per heavy atom. The zero-order chi connectivity index (χ0) is 47.6. The zero-order valence-electron chi connectivity index (χ0n) is 39.4. The van der Waals surface area contributed by atoms with E-state index in [1.54, 1.807) is 10.5 Å². The third-order valence-electron chi connectivity index (χ3n) is 14.3. The number of hydrogen-bond acceptors (Lipinski definition) is 7. The summed E-state index contributed by atoms with van der Waals surface area (Å²) in [6, 6.07) is 20.8. The molecule has 1 N–H and O–H groups in total. The number of nitrogens with one attached hydrogen (secondary N) is 1. The van der Waals surface area contributed by atoms with Gasteiger partial charge in [0.25, 0.3) is 0 Å². The predicted molar refractivity (Wildman–Crippen MR) is 277 cm³/mol. The van der Waals surface area contributed by atoms with Crippen LogP contribution in [0.4, 0.5) is 0 Å². The fourth-order valence-corrected chi connectivity index (χ4v) is 11.7. The molecule has 6 heterocycles. The van der Waals surface area contributed by atoms with Crippen molar-refractivity contribution in [1.82, 2.24) is 38.7 Å². The molecule has 13 heteroatoms. The fourth-order valence-electron chi connectivity index (χ4n) is 10.4. The molecule has 10 nitrogen and oxygen atoms in total. The predicted octanol–water partition coefficient (Wildman–Crippen LogP) is 11.5. The van der Waals surface area contributed by atoms with Gasteiger partial charge in [0.2, 0.25) is 10.0 Å². The van der Waals surface area contributed by atoms with Crippen molar-refractivity contribution in [2.24, 2.45) is 11.8 Å². The summed E-state index contributed by atoms with van der Waals surface area (Å²) in [6.45, 7) is 11.9. The van der Waals surface area contributed by atoms with E-state index >= 15 is 0 Å². The van der Waals surface area contributed by atoms with Crippen LogP contribution in [-0.2, 0) is 21.1 Å². The Hall–Kier alpha value is -5.43. The number of nitrogens with zero attached hydrogens (tertiary/aromatic N) is 7. The summed E-state index contributed by atoms with van der Waals surface area (Å²) < 4.78 is 30.0. The molecule has 2 aliphatic carbocycles. The molecule has 68 heavy (non-hydrogen) atoms. The lowest BCUT2D eigenvalue weighted by molar-refractivity contribution is 0.256. The summed E-state index contributed by atoms with van der Waals surface area (Å²) in [4.78, 5) is 18.3. The van der Waals surface area contributed by atoms with Gasteiger partial charge in [-0.25, -0.2) is 22.7 Å². The standard InChI is InChI=1S/C28H31ClN4O2S.C27H29ClN4/c1-28(2,32-16-13-30-19-32)11-8-21-17-22-18-23(29)6-7-24(22)26(27-25(21)5-4-12-31-27)20-9-14-33(15-10-20)36(3,34)35;1-27(2,32-15-14-30-18-32)10-7-20-16-21-17-22(28)5-6-23(21)25(19-8-12-29-13-9-19)26-24(20)4-3-11-31-26/h4-8,11-13,16-20,26H,9-10,14-15H2,1-3H3;3-7,10-11,14-19,25,29H,8-9,12-13H2,1-2H3/b11-8+;10-7+. The van der Waals surface area contributed by atoms with E-state index in [9.17, 15) is 8.42 Å². The van der Waals surface area contributed by atoms with E-state index in [1.165, 1.54) is 39.8 Å². The van der Waals surface area contributed by atoms with Crippen molar-refractivity contribution >= 4 is 56.5 Å². The molecule has 2 aromatic carbocycles. The zero-order valence-corrected chi connectivity index (χ0v) is 41.8. The van der Waals surface area contributed by atoms with Gasteiger partial charge in [-0.1, -0.05) is 71.8 Å². The average Bonchev–Trinajstić information content (AvgIpc) is 4.06. The van der Waals surface area contributed by atoms with Gasteiger partial charge in [-0.05, 0) is 160 Å². The van der Waals surface area contributed by atoms with Crippen LogP contribution in [0.2, 0.25) is 10.0 Å². The van der Waals surface area contributed by atoms with Gasteiger partial charge >= 0.3 is 0 Å². The van der Waals surface area contributed by atoms with E-state index in [2.05, 4.69) is 119 Å². The number of pyridine rings is 2. The lowest BCUT2D eigenvalue weighted by Crippen LogP contribution is -2.39. The molecule has 2 aliphatic heterocycles. The summed E-state index contributed by atoms with van der Waals surface area (Å²) >= 11 is 12.9. The van der Waals surface area contributed by atoms with E-state index in [0.717, 1.165) is 66.2 Å². The Bertz CT molecular complexity index is 2980. The maximum absolute atomic E-state index is 12.1. The molecule has 6 aromatic rings. The van der Waals surface area contributed by atoms with Crippen LogP contribution in [0.1, 0.15) is 110 Å². The normalized spacial score (nSPS) is 19.5. The van der Waals surface area contributed by atoms with Gasteiger partial charge in [0.15, 0.2) is 0 Å². The molecule has 0 radical (unpaired) electrons. The Morgan fingerprint density at radius 3 is 1.53 bits per heavy atom. The average molecular weight is 968 g/mol. The number of aromatic nitrogens is 6. The fraction of sp³-hybridized carbons (Fsp3) is 0.345. The Balaban J connectivity index is 0.000000171. The van der Waals surface area contributed by atoms with Crippen LogP contribution >= 0.6 is 23.2 Å². The summed E-state index contributed by atoms with van der Waals surface area (Å²) in [7, 11) is -3.19. The highest BCUT2D eigenvalue weighted by Gasteiger charge is 2.37. The molecule has 2 fully saturated rings. The SMILES string of the molecule is CC(C)(/C=C/C1=Cc2cc(Cl)ccc2C(C2CCN(S(C)(=O)=O)CC2)c2ncccc21)n1ccnc1.CC(C)(/C=C/C1=Cc2cc(Cl)ccc2C(C2CCNCC2)c2ncccc21)n1ccnc1. The van der Waals surface area contributed by atoms with E-state index < -0.39 is 10.0 Å². The Labute approximate surface area is 411 Å². The Morgan fingerprint density at radius 1 is 0.647 bits per heavy atom. The molecular formula is C55H60Cl2N8O2S. The largest absolute Gasteiger partial charge is 0.328 e. The molecule has 2 unspecified atom stereocenters. The number of allylic oxidation sites excluding steroid dienone is 6. The van der Waals surface area contributed by atoms with Crippen LogP contribution in [0, 0.1) is 11.8 Å². The van der Waals surface area contributed by atoms with Crippen molar-refractivity contribution in [3.05, 3.63) is 190 Å². The highest BCUT2D eigenvalue weighted by Crippen LogP contribution is 2.47. The third-order valence-corrected chi connectivity index (χ3v) is 16.0. The first-order chi connectivity index (χ1) is 32.7. The minimum absolute atomic E-state index is 0.0546. The monoisotopic (exact) mass is 966 g/mol. The molecular weight excluding hydrogens is 908 g/mol. The lowest BCUT2D eigenvalue weighted by Gasteiger charge is -2.35. The smallest absolute Gasteiger partial charge is 0.211 e. The minimum Gasteiger partial charge on any atom is -0.328 e. The molecule has 2 atom stereocenters. The number of imidazole rings is 2. The quantitative estimate of drug-likeness (QED) is 0.154. The maximum Gasteiger partial charge on any atom is 0.211 e. The second-order valence-corrected chi connectivity index (χ2v) is 22.4. The number of rotatable bonds is 9. The van der Waals surface area contributed by atoms with Crippen LogP contribution in [0.15, 0.2) is 135 Å². The lowest BCUT2D eigenvalue weighted by atomic mass is 9.76. The van der Waals surface area contributed by atoms with Gasteiger partial charge < -0.3 is 14.5 Å². The molecule has 0 amide bonds. The van der Waals surface area contributed by atoms with Crippen LogP contribution in [0.3, 0.4) is 0 Å². The van der Waals surface area contributed by atoms with Crippen molar-refractivity contribution in [2.75, 3.05) is 32.4 Å². The van der Waals surface area contributed by atoms with Crippen LogP contribution in [0.5, 0.6) is 0 Å². The van der Waals surface area contributed by atoms with Gasteiger partial charge in [-0.15, -0.1) is 0 Å². The molecule has 0 saturated carbocycles. The second kappa shape index (κ2) is 19.9. The highest BCUT2D eigenvalue weighted by molar-refractivity contribution is 7.88. The third kappa shape index (κ3) is 10.3. The number of benzene rings is 2. The van der Waals surface area contributed by atoms with Crippen molar-refractivity contribution in [1.29, 1.82) is 0 Å². The summed E-state index contributed by atoms with van der Waals surface area (Å²) in [6.07, 6.45) is 33.6. The second-order valence-electron chi connectivity index (χ2n) is 19.6. The number of halogens is 2. The molecule has 4 aliphatic rings. The molecule has 10 rings (SSSR count). The summed E-state index contributed by atoms with van der Waals surface area (Å²) in [5.41, 5.74) is 11.1. The van der Waals surface area contributed by atoms with Gasteiger partial charge in [0.05, 0.1) is 41.4 Å². The van der Waals surface area contributed by atoms with Gasteiger partial charge in [-0.3, -0.25) is 9.97 Å². The van der Waals surface area contributed by atoms with Crippen LogP contribution < -0.4 is 5.32 Å². The molecule has 0 spiro atoms. The first kappa shape index (κ1) is 47.6. The minimum atomic E-state index is -3.19. The van der Waals surface area contributed by atoms with Crippen molar-refractivity contribution in [2.45, 2.75) is 76.3 Å². The first-order valence-electron chi connectivity index (χ1n) is 23.6. The van der Waals surface area contributed by atoms with Crippen molar-refractivity contribution in [3.63, 3.8) is 0 Å². The number of fused-ring (bicyclic) bond motifs is 4. The van der Waals surface area contributed by atoms with Gasteiger partial charge in [0.1, 0.15) is 0 Å². The Kier molecular flexibility index (Phi) is 13.9. The van der Waals surface area contributed by atoms with Gasteiger partial charge in [0, 0.05) is 83.3 Å². The van der Waals surface area contributed by atoms with Gasteiger partial charge in [-0.2, -0.15) is 0 Å². The van der Waals surface area contributed by atoms with Crippen LogP contribution in [-0.4, -0.2) is 74.2 Å². The molecule has 352 valence electrons. The topological polar surface area (TPSA) is 111 Å². The van der Waals surface area contributed by atoms with Crippen molar-refractivity contribution < 1.29 is 8.42 Å². The molecule has 4 aromatic heterocycles.